The van der Waals surface area contributed by atoms with Gasteiger partial charge in [0.1, 0.15) is 18.4 Å². The third-order valence-electron chi connectivity index (χ3n) is 3.88. The van der Waals surface area contributed by atoms with E-state index in [1.807, 2.05) is 62.4 Å². The lowest BCUT2D eigenvalue weighted by atomic mass is 9.93. The van der Waals surface area contributed by atoms with Crippen molar-refractivity contribution in [2.24, 2.45) is 0 Å². The van der Waals surface area contributed by atoms with Crippen molar-refractivity contribution in [3.05, 3.63) is 77.4 Å². The average Bonchev–Trinajstić information content (AvgIpc) is 2.67. The quantitative estimate of drug-likeness (QED) is 0.891. The summed E-state index contributed by atoms with van der Waals surface area (Å²) in [4.78, 5) is 12.8. The zero-order chi connectivity index (χ0) is 18.1. The number of hydrogen-bond donors (Lipinski definition) is 1. The minimum absolute atomic E-state index is 0.0171. The lowest BCUT2D eigenvalue weighted by Gasteiger charge is -2.24. The third kappa shape index (κ3) is 4.63. The van der Waals surface area contributed by atoms with Gasteiger partial charge in [-0.3, -0.25) is 4.79 Å². The summed E-state index contributed by atoms with van der Waals surface area (Å²) in [5.41, 5.74) is 2.62. The van der Waals surface area contributed by atoms with Crippen molar-refractivity contribution < 1.29 is 14.3 Å². The second-order valence-corrected chi connectivity index (χ2v) is 5.34. The molecule has 0 fully saturated rings. The summed E-state index contributed by atoms with van der Waals surface area (Å²) in [5, 5.41) is 3.17. The largest absolute Gasteiger partial charge is 0.499 e. The highest BCUT2D eigenvalue weighted by Gasteiger charge is 2.27. The van der Waals surface area contributed by atoms with Gasteiger partial charge >= 0.3 is 0 Å². The van der Waals surface area contributed by atoms with Crippen molar-refractivity contribution in [3.63, 3.8) is 0 Å². The van der Waals surface area contributed by atoms with Gasteiger partial charge in [0, 0.05) is 6.42 Å². The Kier molecular flexibility index (Phi) is 7.08. The summed E-state index contributed by atoms with van der Waals surface area (Å²) in [6.45, 7) is 4.42. The highest BCUT2D eigenvalue weighted by Crippen LogP contribution is 2.21. The van der Waals surface area contributed by atoms with Crippen molar-refractivity contribution in [2.75, 3.05) is 13.7 Å². The number of benzene rings is 1. The Hall–Kier alpha value is -2.75. The lowest BCUT2D eigenvalue weighted by molar-refractivity contribution is -0.115. The lowest BCUT2D eigenvalue weighted by Crippen LogP contribution is -2.35. The van der Waals surface area contributed by atoms with Crippen LogP contribution in [0, 0.1) is 0 Å². The molecule has 4 heteroatoms. The molecule has 3 rings (SSSR count). The SMILES string of the molecule is CC.COC1=CC=CNC1/C1=C/OC/C=C\c2ccccc2CC1=O. The van der Waals surface area contributed by atoms with Gasteiger partial charge in [-0.2, -0.15) is 0 Å². The van der Waals surface area contributed by atoms with Crippen LogP contribution in [0.25, 0.3) is 6.08 Å². The fourth-order valence-electron chi connectivity index (χ4n) is 2.70. The molecular weight excluding hydrogens is 314 g/mol. The Labute approximate surface area is 149 Å². The highest BCUT2D eigenvalue weighted by atomic mass is 16.5. The number of methoxy groups -OCH3 is 1. The molecule has 25 heavy (non-hydrogen) atoms. The first-order chi connectivity index (χ1) is 12.3. The summed E-state index contributed by atoms with van der Waals surface area (Å²) in [6, 6.07) is 7.59. The van der Waals surface area contributed by atoms with Crippen molar-refractivity contribution in [3.8, 4) is 0 Å². The molecule has 0 spiro atoms. The van der Waals surface area contributed by atoms with Crippen LogP contribution in [0.2, 0.25) is 0 Å². The van der Waals surface area contributed by atoms with Gasteiger partial charge in [-0.25, -0.2) is 0 Å². The number of carbonyl (C=O) groups excluding carboxylic acids is 1. The molecule has 0 saturated carbocycles. The molecule has 0 bridgehead atoms. The van der Waals surface area contributed by atoms with Crippen molar-refractivity contribution in [2.45, 2.75) is 26.3 Å². The summed E-state index contributed by atoms with van der Waals surface area (Å²) in [6.07, 6.45) is 11.3. The highest BCUT2D eigenvalue weighted by molar-refractivity contribution is 5.98. The van der Waals surface area contributed by atoms with Gasteiger partial charge in [-0.1, -0.05) is 44.2 Å². The van der Waals surface area contributed by atoms with Crippen LogP contribution in [0.4, 0.5) is 0 Å². The van der Waals surface area contributed by atoms with Crippen LogP contribution in [0.3, 0.4) is 0 Å². The van der Waals surface area contributed by atoms with Crippen LogP contribution >= 0.6 is 0 Å². The van der Waals surface area contributed by atoms with E-state index in [0.29, 0.717) is 24.4 Å². The maximum absolute atomic E-state index is 12.8. The molecule has 0 saturated heterocycles. The zero-order valence-electron chi connectivity index (χ0n) is 15.0. The summed E-state index contributed by atoms with van der Waals surface area (Å²) < 4.78 is 10.9. The van der Waals surface area contributed by atoms with Gasteiger partial charge < -0.3 is 14.8 Å². The van der Waals surface area contributed by atoms with E-state index in [9.17, 15) is 4.79 Å². The van der Waals surface area contributed by atoms with Crippen LogP contribution in [0.1, 0.15) is 25.0 Å². The minimum Gasteiger partial charge on any atom is -0.499 e. The zero-order valence-corrected chi connectivity index (χ0v) is 15.0. The number of carbonyl (C=O) groups is 1. The molecule has 0 amide bonds. The monoisotopic (exact) mass is 339 g/mol. The molecule has 1 atom stereocenters. The molecule has 0 aliphatic carbocycles. The third-order valence-corrected chi connectivity index (χ3v) is 3.88. The Morgan fingerprint density at radius 1 is 1.24 bits per heavy atom. The first-order valence-electron chi connectivity index (χ1n) is 8.55. The molecule has 2 aliphatic rings. The first kappa shape index (κ1) is 18.6. The molecule has 2 heterocycles. The number of nitrogens with one attached hydrogen (secondary N) is 1. The van der Waals surface area contributed by atoms with Crippen LogP contribution < -0.4 is 5.32 Å². The molecule has 0 radical (unpaired) electrons. The normalized spacial score (nSPS) is 22.5. The predicted octanol–water partition coefficient (Wildman–Crippen LogP) is 3.77. The average molecular weight is 339 g/mol. The number of rotatable bonds is 2. The number of fused-ring (bicyclic) bond motifs is 1. The Balaban J connectivity index is 0.00000109. The molecule has 1 aromatic rings. The Morgan fingerprint density at radius 3 is 2.84 bits per heavy atom. The summed E-state index contributed by atoms with van der Waals surface area (Å²) >= 11 is 0. The van der Waals surface area contributed by atoms with Crippen LogP contribution in [-0.2, 0) is 20.7 Å². The predicted molar refractivity (Wildman–Crippen MR) is 101 cm³/mol. The van der Waals surface area contributed by atoms with E-state index in [-0.39, 0.29) is 11.8 Å². The number of ketones is 1. The molecule has 0 aromatic heterocycles. The molecule has 1 aromatic carbocycles. The van der Waals surface area contributed by atoms with E-state index in [2.05, 4.69) is 5.32 Å². The number of dihydropyridines is 1. The van der Waals surface area contributed by atoms with Gasteiger partial charge in [0.25, 0.3) is 0 Å². The fourth-order valence-corrected chi connectivity index (χ4v) is 2.70. The Bertz CT molecular complexity index is 714. The second kappa shape index (κ2) is 9.52. The fraction of sp³-hybridized carbons (Fsp3) is 0.286. The topological polar surface area (TPSA) is 47.6 Å². The second-order valence-electron chi connectivity index (χ2n) is 5.34. The smallest absolute Gasteiger partial charge is 0.168 e. The maximum atomic E-state index is 12.8. The van der Waals surface area contributed by atoms with Gasteiger partial charge in [0.15, 0.2) is 5.78 Å². The van der Waals surface area contributed by atoms with Crippen molar-refractivity contribution >= 4 is 11.9 Å². The standard InChI is InChI=1S/C19H19NO3.C2H6/c1-22-18-9-4-10-20-19(18)16-13-23-11-5-8-14-6-2-3-7-15(14)12-17(16)21;1-2/h2-10,13,19-20H,11-12H2,1H3;1-2H3/b8-5-,16-13+;. The Morgan fingerprint density at radius 2 is 2.04 bits per heavy atom. The molecule has 1 N–H and O–H groups in total. The number of hydrogen-bond acceptors (Lipinski definition) is 4. The molecular formula is C21H25NO3. The summed E-state index contributed by atoms with van der Waals surface area (Å²) in [7, 11) is 1.60. The van der Waals surface area contributed by atoms with E-state index in [1.54, 1.807) is 19.6 Å². The number of ether oxygens (including phenoxy) is 2. The minimum atomic E-state index is -0.326. The number of Topliss-reactive ketones (excluding diaryl/α,β-unsaturated/α-hetero) is 1. The number of allylic oxidation sites excluding steroid dienone is 2. The van der Waals surface area contributed by atoms with E-state index in [0.717, 1.165) is 11.1 Å². The van der Waals surface area contributed by atoms with Crippen LogP contribution in [-0.4, -0.2) is 25.5 Å². The van der Waals surface area contributed by atoms with Crippen LogP contribution in [0.5, 0.6) is 0 Å². The van der Waals surface area contributed by atoms with Crippen LogP contribution in [0.15, 0.2) is 66.3 Å². The molecule has 1 unspecified atom stereocenters. The van der Waals surface area contributed by atoms with E-state index < -0.39 is 0 Å². The van der Waals surface area contributed by atoms with Crippen molar-refractivity contribution in [1.82, 2.24) is 5.32 Å². The van der Waals surface area contributed by atoms with Gasteiger partial charge in [0.05, 0.1) is 18.9 Å². The van der Waals surface area contributed by atoms with E-state index >= 15 is 0 Å². The van der Waals surface area contributed by atoms with Crippen molar-refractivity contribution in [1.29, 1.82) is 0 Å². The molecule has 2 aliphatic heterocycles. The maximum Gasteiger partial charge on any atom is 0.168 e. The van der Waals surface area contributed by atoms with Gasteiger partial charge in [0.2, 0.25) is 0 Å². The van der Waals surface area contributed by atoms with Gasteiger partial charge in [-0.15, -0.1) is 0 Å². The van der Waals surface area contributed by atoms with Gasteiger partial charge in [-0.05, 0) is 35.6 Å². The van der Waals surface area contributed by atoms with E-state index in [4.69, 9.17) is 9.47 Å². The molecule has 4 nitrogen and oxygen atoms in total. The molecule has 132 valence electrons. The first-order valence-corrected chi connectivity index (χ1v) is 8.55. The van der Waals surface area contributed by atoms with E-state index in [1.165, 1.54) is 0 Å². The summed E-state index contributed by atoms with van der Waals surface area (Å²) in [5.74, 6) is 0.708.